The van der Waals surface area contributed by atoms with Crippen molar-refractivity contribution in [2.45, 2.75) is 19.9 Å². The van der Waals surface area contributed by atoms with E-state index in [2.05, 4.69) is 5.32 Å². The van der Waals surface area contributed by atoms with E-state index in [0.717, 1.165) is 17.2 Å². The van der Waals surface area contributed by atoms with Crippen LogP contribution in [0.4, 0.5) is 14.5 Å². The molecule has 1 aromatic heterocycles. The number of rotatable bonds is 5. The molecule has 0 aliphatic carbocycles. The van der Waals surface area contributed by atoms with Gasteiger partial charge in [-0.05, 0) is 66.8 Å². The molecule has 1 N–H and O–H groups in total. The molecular formula is C27H24F2N2O3. The summed E-state index contributed by atoms with van der Waals surface area (Å²) in [6.45, 7) is 3.81. The molecule has 0 amide bonds. The standard InChI is InChI=1S/C27H24F2N2O3/c1-15-9-21(16(2)30-24-8-6-5-7-20(24)27(33)34-4)22-14-25(31(3)26(32)23(22)10-15)17-11-18(28)13-19(29)12-17/h5-14,16,30H,1-4H3. The highest BCUT2D eigenvalue weighted by Gasteiger charge is 2.19. The number of nitrogens with one attached hydrogen (secondary N) is 1. The number of pyridine rings is 1. The number of hydrogen-bond donors (Lipinski definition) is 1. The van der Waals surface area contributed by atoms with Gasteiger partial charge in [0.05, 0.1) is 18.4 Å². The molecule has 0 spiro atoms. The van der Waals surface area contributed by atoms with Crippen molar-refractivity contribution in [2.24, 2.45) is 7.05 Å². The van der Waals surface area contributed by atoms with Gasteiger partial charge in [0.1, 0.15) is 11.6 Å². The van der Waals surface area contributed by atoms with E-state index in [1.807, 2.05) is 26.0 Å². The second-order valence-electron chi connectivity index (χ2n) is 8.27. The van der Waals surface area contributed by atoms with E-state index in [4.69, 9.17) is 4.74 Å². The second-order valence-corrected chi connectivity index (χ2v) is 8.27. The molecular weight excluding hydrogens is 438 g/mol. The summed E-state index contributed by atoms with van der Waals surface area (Å²) in [5.74, 6) is -1.91. The SMILES string of the molecule is COC(=O)c1ccccc1NC(C)c1cc(C)cc2c(=O)n(C)c(-c3cc(F)cc(F)c3)cc12. The van der Waals surface area contributed by atoms with Crippen LogP contribution >= 0.6 is 0 Å². The van der Waals surface area contributed by atoms with Crippen LogP contribution in [-0.4, -0.2) is 17.6 Å². The van der Waals surface area contributed by atoms with Crippen LogP contribution in [0.25, 0.3) is 22.0 Å². The summed E-state index contributed by atoms with van der Waals surface area (Å²) in [4.78, 5) is 25.4. The highest BCUT2D eigenvalue weighted by atomic mass is 19.1. The average molecular weight is 462 g/mol. The summed E-state index contributed by atoms with van der Waals surface area (Å²) in [7, 11) is 2.90. The van der Waals surface area contributed by atoms with Crippen LogP contribution < -0.4 is 10.9 Å². The predicted octanol–water partition coefficient (Wildman–Crippen LogP) is 5.75. The summed E-state index contributed by atoms with van der Waals surface area (Å²) in [5.41, 5.74) is 3.06. The van der Waals surface area contributed by atoms with Gasteiger partial charge in [0.2, 0.25) is 0 Å². The van der Waals surface area contributed by atoms with Crippen LogP contribution in [0.1, 0.15) is 34.5 Å². The van der Waals surface area contributed by atoms with Crippen LogP contribution in [0.5, 0.6) is 0 Å². The molecule has 0 aliphatic rings. The molecule has 1 atom stereocenters. The van der Waals surface area contributed by atoms with Crippen molar-refractivity contribution in [3.63, 3.8) is 0 Å². The quantitative estimate of drug-likeness (QED) is 0.384. The van der Waals surface area contributed by atoms with E-state index >= 15 is 0 Å². The minimum absolute atomic E-state index is 0.266. The first-order valence-electron chi connectivity index (χ1n) is 10.7. The Morgan fingerprint density at radius 3 is 2.35 bits per heavy atom. The van der Waals surface area contributed by atoms with E-state index in [9.17, 15) is 18.4 Å². The Kier molecular flexibility index (Phi) is 6.20. The summed E-state index contributed by atoms with van der Waals surface area (Å²) >= 11 is 0. The average Bonchev–Trinajstić information content (AvgIpc) is 2.80. The van der Waals surface area contributed by atoms with Crippen molar-refractivity contribution in [1.29, 1.82) is 0 Å². The van der Waals surface area contributed by atoms with Gasteiger partial charge in [-0.25, -0.2) is 13.6 Å². The van der Waals surface area contributed by atoms with Gasteiger partial charge in [-0.2, -0.15) is 0 Å². The number of halogens is 2. The van der Waals surface area contributed by atoms with Gasteiger partial charge in [-0.1, -0.05) is 18.2 Å². The lowest BCUT2D eigenvalue weighted by molar-refractivity contribution is 0.0602. The fourth-order valence-electron chi connectivity index (χ4n) is 4.23. The van der Waals surface area contributed by atoms with Gasteiger partial charge in [0.15, 0.2) is 0 Å². The molecule has 34 heavy (non-hydrogen) atoms. The Morgan fingerprint density at radius 1 is 1.00 bits per heavy atom. The van der Waals surface area contributed by atoms with Gasteiger partial charge < -0.3 is 14.6 Å². The van der Waals surface area contributed by atoms with Crippen molar-refractivity contribution in [2.75, 3.05) is 12.4 Å². The third-order valence-corrected chi connectivity index (χ3v) is 5.86. The van der Waals surface area contributed by atoms with E-state index in [0.29, 0.717) is 27.7 Å². The number of carbonyl (C=O) groups excluding carboxylic acids is 1. The number of benzene rings is 3. The number of ether oxygens (including phenoxy) is 1. The summed E-state index contributed by atoms with van der Waals surface area (Å²) in [6.07, 6.45) is 0. The lowest BCUT2D eigenvalue weighted by atomic mass is 9.95. The largest absolute Gasteiger partial charge is 0.465 e. The summed E-state index contributed by atoms with van der Waals surface area (Å²) in [5, 5.41) is 4.49. The zero-order valence-corrected chi connectivity index (χ0v) is 19.3. The highest BCUT2D eigenvalue weighted by molar-refractivity contribution is 5.96. The molecule has 0 aliphatic heterocycles. The predicted molar refractivity (Wildman–Crippen MR) is 129 cm³/mol. The zero-order valence-electron chi connectivity index (χ0n) is 19.3. The number of nitrogens with zero attached hydrogens (tertiary/aromatic N) is 1. The van der Waals surface area contributed by atoms with Crippen molar-refractivity contribution in [3.05, 3.63) is 99.3 Å². The molecule has 7 heteroatoms. The normalized spacial score (nSPS) is 11.9. The number of aryl methyl sites for hydroxylation is 1. The van der Waals surface area contributed by atoms with E-state index < -0.39 is 17.6 Å². The monoisotopic (exact) mass is 462 g/mol. The van der Waals surface area contributed by atoms with Gasteiger partial charge >= 0.3 is 5.97 Å². The fourth-order valence-corrected chi connectivity index (χ4v) is 4.23. The summed E-state index contributed by atoms with van der Waals surface area (Å²) < 4.78 is 34.1. The fraction of sp³-hybridized carbons (Fsp3) is 0.185. The third-order valence-electron chi connectivity index (χ3n) is 5.86. The van der Waals surface area contributed by atoms with Crippen molar-refractivity contribution < 1.29 is 18.3 Å². The minimum Gasteiger partial charge on any atom is -0.465 e. The lowest BCUT2D eigenvalue weighted by Crippen LogP contribution is -2.20. The molecule has 0 bridgehead atoms. The molecule has 5 nitrogen and oxygen atoms in total. The molecule has 4 rings (SSSR count). The van der Waals surface area contributed by atoms with Gasteiger partial charge in [-0.3, -0.25) is 4.79 Å². The van der Waals surface area contributed by atoms with Gasteiger partial charge in [0, 0.05) is 35.8 Å². The van der Waals surface area contributed by atoms with Crippen LogP contribution in [0.15, 0.2) is 65.5 Å². The van der Waals surface area contributed by atoms with E-state index in [-0.39, 0.29) is 17.2 Å². The maximum atomic E-state index is 13.9. The molecule has 0 saturated heterocycles. The van der Waals surface area contributed by atoms with Crippen LogP contribution in [0, 0.1) is 18.6 Å². The van der Waals surface area contributed by atoms with Crippen molar-refractivity contribution in [3.8, 4) is 11.3 Å². The lowest BCUT2D eigenvalue weighted by Gasteiger charge is -2.21. The Bertz CT molecular complexity index is 1460. The van der Waals surface area contributed by atoms with E-state index in [1.165, 1.54) is 23.8 Å². The van der Waals surface area contributed by atoms with Crippen molar-refractivity contribution in [1.82, 2.24) is 4.57 Å². The molecule has 0 saturated carbocycles. The van der Waals surface area contributed by atoms with E-state index in [1.54, 1.807) is 37.4 Å². The number of aromatic nitrogens is 1. The first-order chi connectivity index (χ1) is 16.2. The zero-order chi connectivity index (χ0) is 24.6. The number of esters is 1. The number of fused-ring (bicyclic) bond motifs is 1. The second kappa shape index (κ2) is 9.09. The van der Waals surface area contributed by atoms with Crippen LogP contribution in [0.3, 0.4) is 0 Å². The topological polar surface area (TPSA) is 60.3 Å². The van der Waals surface area contributed by atoms with Gasteiger partial charge in [-0.15, -0.1) is 0 Å². The Hall–Kier alpha value is -4.00. The molecule has 3 aromatic carbocycles. The minimum atomic E-state index is -0.721. The number of hydrogen-bond acceptors (Lipinski definition) is 4. The van der Waals surface area contributed by atoms with Crippen LogP contribution in [-0.2, 0) is 11.8 Å². The smallest absolute Gasteiger partial charge is 0.339 e. The molecule has 4 aromatic rings. The maximum absolute atomic E-state index is 13.9. The number of methoxy groups -OCH3 is 1. The molecule has 0 radical (unpaired) electrons. The molecule has 174 valence electrons. The number of anilines is 1. The third kappa shape index (κ3) is 4.29. The first-order valence-corrected chi connectivity index (χ1v) is 10.7. The Labute approximate surface area is 195 Å². The molecule has 0 fully saturated rings. The van der Waals surface area contributed by atoms with Crippen LogP contribution in [0.2, 0.25) is 0 Å². The highest BCUT2D eigenvalue weighted by Crippen LogP contribution is 2.31. The Balaban J connectivity index is 1.89. The maximum Gasteiger partial charge on any atom is 0.339 e. The molecule has 1 heterocycles. The number of para-hydroxylation sites is 1. The van der Waals surface area contributed by atoms with Crippen molar-refractivity contribution >= 4 is 22.4 Å². The van der Waals surface area contributed by atoms with Gasteiger partial charge in [0.25, 0.3) is 5.56 Å². The number of carbonyl (C=O) groups is 1. The Morgan fingerprint density at radius 2 is 1.68 bits per heavy atom. The summed E-state index contributed by atoms with van der Waals surface area (Å²) in [6, 6.07) is 15.4. The molecule has 1 unspecified atom stereocenters. The first kappa shape index (κ1) is 23.2.